The van der Waals surface area contributed by atoms with E-state index in [2.05, 4.69) is 0 Å². The Morgan fingerprint density at radius 2 is 1.92 bits per heavy atom. The first-order valence-electron chi connectivity index (χ1n) is 8.12. The van der Waals surface area contributed by atoms with Crippen molar-refractivity contribution in [3.05, 3.63) is 35.9 Å². The van der Waals surface area contributed by atoms with Gasteiger partial charge in [-0.25, -0.2) is 8.78 Å². The molecule has 2 fully saturated rings. The molecule has 2 unspecified atom stereocenters. The van der Waals surface area contributed by atoms with Crippen LogP contribution < -0.4 is 0 Å². The molecule has 2 aliphatic rings. The molecule has 24 heavy (non-hydrogen) atoms. The van der Waals surface area contributed by atoms with Crippen LogP contribution in [0.2, 0.25) is 0 Å². The van der Waals surface area contributed by atoms with Gasteiger partial charge in [-0.1, -0.05) is 18.2 Å². The van der Waals surface area contributed by atoms with Crippen LogP contribution in [0.4, 0.5) is 8.78 Å². The van der Waals surface area contributed by atoms with Crippen LogP contribution >= 0.6 is 0 Å². The van der Waals surface area contributed by atoms with Crippen molar-refractivity contribution in [3.63, 3.8) is 0 Å². The molecule has 1 aromatic carbocycles. The Labute approximate surface area is 139 Å². The molecule has 1 aromatic rings. The van der Waals surface area contributed by atoms with E-state index in [-0.39, 0.29) is 31.5 Å². The van der Waals surface area contributed by atoms with Gasteiger partial charge in [0.05, 0.1) is 13.2 Å². The second-order valence-electron chi connectivity index (χ2n) is 6.05. The zero-order valence-electron chi connectivity index (χ0n) is 13.2. The first kappa shape index (κ1) is 16.8. The van der Waals surface area contributed by atoms with Gasteiger partial charge in [-0.05, 0) is 25.0 Å². The molecule has 0 N–H and O–H groups in total. The number of hydrogen-bond acceptors (Lipinski definition) is 3. The second-order valence-corrected chi connectivity index (χ2v) is 6.05. The van der Waals surface area contributed by atoms with Crippen LogP contribution in [0.1, 0.15) is 23.2 Å². The van der Waals surface area contributed by atoms with Gasteiger partial charge in [-0.2, -0.15) is 0 Å². The average molecular weight is 338 g/mol. The van der Waals surface area contributed by atoms with Crippen molar-refractivity contribution in [1.82, 2.24) is 9.80 Å². The standard InChI is InChI=1S/C17H20F2N2O3/c18-15(19)14-11-20(9-10-24-14)17(23)13-7-4-8-21(13)16(22)12-5-2-1-3-6-12/h1-3,5-6,13-15H,4,7-11H2. The van der Waals surface area contributed by atoms with Crippen LogP contribution in [0.5, 0.6) is 0 Å². The molecule has 2 atom stereocenters. The fourth-order valence-corrected chi connectivity index (χ4v) is 3.25. The summed E-state index contributed by atoms with van der Waals surface area (Å²) in [6.45, 7) is 0.763. The zero-order valence-corrected chi connectivity index (χ0v) is 13.2. The van der Waals surface area contributed by atoms with E-state index in [0.29, 0.717) is 18.5 Å². The zero-order chi connectivity index (χ0) is 17.1. The van der Waals surface area contributed by atoms with E-state index >= 15 is 0 Å². The maximum atomic E-state index is 12.8. The molecule has 2 saturated heterocycles. The number of carbonyl (C=O) groups excluding carboxylic acids is 2. The summed E-state index contributed by atoms with van der Waals surface area (Å²) < 4.78 is 30.7. The predicted octanol–water partition coefficient (Wildman–Crippen LogP) is 1.78. The number of benzene rings is 1. The van der Waals surface area contributed by atoms with Crippen molar-refractivity contribution in [2.45, 2.75) is 31.4 Å². The van der Waals surface area contributed by atoms with E-state index in [4.69, 9.17) is 4.74 Å². The van der Waals surface area contributed by atoms with Gasteiger partial charge in [0.2, 0.25) is 5.91 Å². The van der Waals surface area contributed by atoms with Gasteiger partial charge in [0.1, 0.15) is 12.1 Å². The van der Waals surface area contributed by atoms with E-state index < -0.39 is 18.6 Å². The molecule has 0 spiro atoms. The normalized spacial score (nSPS) is 24.5. The number of carbonyl (C=O) groups is 2. The van der Waals surface area contributed by atoms with Crippen molar-refractivity contribution < 1.29 is 23.1 Å². The summed E-state index contributed by atoms with van der Waals surface area (Å²) in [6.07, 6.45) is -2.57. The van der Waals surface area contributed by atoms with Gasteiger partial charge >= 0.3 is 0 Å². The number of nitrogens with zero attached hydrogens (tertiary/aromatic N) is 2. The molecular weight excluding hydrogens is 318 g/mol. The first-order chi connectivity index (χ1) is 11.6. The molecule has 7 heteroatoms. The van der Waals surface area contributed by atoms with Crippen LogP contribution in [0.25, 0.3) is 0 Å². The number of halogens is 2. The van der Waals surface area contributed by atoms with Crippen LogP contribution in [-0.2, 0) is 9.53 Å². The molecule has 130 valence electrons. The second kappa shape index (κ2) is 7.25. The predicted molar refractivity (Wildman–Crippen MR) is 82.8 cm³/mol. The molecule has 0 aromatic heterocycles. The summed E-state index contributed by atoms with van der Waals surface area (Å²) in [5.74, 6) is -0.448. The number of likely N-dealkylation sites (tertiary alicyclic amines) is 1. The Kier molecular flexibility index (Phi) is 5.08. The Hall–Kier alpha value is -2.02. The monoisotopic (exact) mass is 338 g/mol. The lowest BCUT2D eigenvalue weighted by atomic mass is 10.1. The summed E-state index contributed by atoms with van der Waals surface area (Å²) >= 11 is 0. The number of amides is 2. The fourth-order valence-electron chi connectivity index (χ4n) is 3.25. The third-order valence-corrected chi connectivity index (χ3v) is 4.51. The molecule has 2 amide bonds. The van der Waals surface area contributed by atoms with Gasteiger partial charge in [0.25, 0.3) is 12.3 Å². The summed E-state index contributed by atoms with van der Waals surface area (Å²) in [5, 5.41) is 0. The summed E-state index contributed by atoms with van der Waals surface area (Å²) in [7, 11) is 0. The maximum Gasteiger partial charge on any atom is 0.266 e. The van der Waals surface area contributed by atoms with Crippen LogP contribution in [0.3, 0.4) is 0 Å². The lowest BCUT2D eigenvalue weighted by Crippen LogP contribution is -2.54. The Balaban J connectivity index is 1.71. The summed E-state index contributed by atoms with van der Waals surface area (Å²) in [5.41, 5.74) is 0.532. The number of ether oxygens (including phenoxy) is 1. The molecule has 0 bridgehead atoms. The van der Waals surface area contributed by atoms with Crippen LogP contribution in [-0.4, -0.2) is 66.4 Å². The Bertz CT molecular complexity index is 597. The largest absolute Gasteiger partial charge is 0.369 e. The van der Waals surface area contributed by atoms with Crippen molar-refractivity contribution in [1.29, 1.82) is 0 Å². The average Bonchev–Trinajstić information content (AvgIpc) is 3.11. The van der Waals surface area contributed by atoms with E-state index in [1.165, 1.54) is 4.90 Å². The Morgan fingerprint density at radius 1 is 1.17 bits per heavy atom. The Morgan fingerprint density at radius 3 is 2.62 bits per heavy atom. The highest BCUT2D eigenvalue weighted by molar-refractivity contribution is 5.97. The van der Waals surface area contributed by atoms with E-state index in [0.717, 1.165) is 6.42 Å². The third kappa shape index (κ3) is 3.40. The summed E-state index contributed by atoms with van der Waals surface area (Å²) in [6, 6.07) is 8.22. The number of hydrogen-bond donors (Lipinski definition) is 0. The molecule has 2 heterocycles. The summed E-state index contributed by atoms with van der Waals surface area (Å²) in [4.78, 5) is 28.3. The number of alkyl halides is 2. The minimum atomic E-state index is -2.62. The molecular formula is C17H20F2N2O3. The van der Waals surface area contributed by atoms with Gasteiger partial charge in [0, 0.05) is 18.7 Å². The minimum absolute atomic E-state index is 0.0973. The first-order valence-corrected chi connectivity index (χ1v) is 8.12. The molecule has 0 radical (unpaired) electrons. The van der Waals surface area contributed by atoms with Crippen LogP contribution in [0, 0.1) is 0 Å². The van der Waals surface area contributed by atoms with Gasteiger partial charge < -0.3 is 14.5 Å². The smallest absolute Gasteiger partial charge is 0.266 e. The fraction of sp³-hybridized carbons (Fsp3) is 0.529. The quantitative estimate of drug-likeness (QED) is 0.844. The van der Waals surface area contributed by atoms with Crippen molar-refractivity contribution in [2.24, 2.45) is 0 Å². The molecule has 3 rings (SSSR count). The van der Waals surface area contributed by atoms with Crippen LogP contribution in [0.15, 0.2) is 30.3 Å². The highest BCUT2D eigenvalue weighted by Crippen LogP contribution is 2.23. The highest BCUT2D eigenvalue weighted by Gasteiger charge is 2.39. The molecule has 0 saturated carbocycles. The van der Waals surface area contributed by atoms with E-state index in [9.17, 15) is 18.4 Å². The molecule has 2 aliphatic heterocycles. The van der Waals surface area contributed by atoms with Crippen molar-refractivity contribution in [2.75, 3.05) is 26.2 Å². The van der Waals surface area contributed by atoms with E-state index in [1.807, 2.05) is 6.07 Å². The maximum absolute atomic E-state index is 12.8. The molecule has 0 aliphatic carbocycles. The lowest BCUT2D eigenvalue weighted by Gasteiger charge is -2.35. The van der Waals surface area contributed by atoms with Gasteiger partial charge in [-0.15, -0.1) is 0 Å². The minimum Gasteiger partial charge on any atom is -0.369 e. The van der Waals surface area contributed by atoms with Gasteiger partial charge in [-0.3, -0.25) is 9.59 Å². The number of rotatable bonds is 3. The third-order valence-electron chi connectivity index (χ3n) is 4.51. The lowest BCUT2D eigenvalue weighted by molar-refractivity contribution is -0.150. The molecule has 5 nitrogen and oxygen atoms in total. The van der Waals surface area contributed by atoms with Gasteiger partial charge in [0.15, 0.2) is 0 Å². The SMILES string of the molecule is O=C(C1CCCN1C(=O)c1ccccc1)N1CCOC(C(F)F)C1. The topological polar surface area (TPSA) is 49.9 Å². The van der Waals surface area contributed by atoms with E-state index in [1.54, 1.807) is 29.2 Å². The van der Waals surface area contributed by atoms with Crippen molar-refractivity contribution >= 4 is 11.8 Å². The number of morpholine rings is 1. The highest BCUT2D eigenvalue weighted by atomic mass is 19.3. The van der Waals surface area contributed by atoms with Crippen molar-refractivity contribution in [3.8, 4) is 0 Å².